The Bertz CT molecular complexity index is 800. The number of thioether (sulfide) groups is 1. The monoisotopic (exact) mass is 478 g/mol. The first-order valence-corrected chi connectivity index (χ1v) is 12.8. The molecular formula is C25H38N2O5S. The predicted molar refractivity (Wildman–Crippen MR) is 129 cm³/mol. The van der Waals surface area contributed by atoms with Gasteiger partial charge in [-0.25, -0.2) is 0 Å². The lowest BCUT2D eigenvalue weighted by atomic mass is 9.71. The van der Waals surface area contributed by atoms with Crippen LogP contribution in [0.15, 0.2) is 25.3 Å². The van der Waals surface area contributed by atoms with Gasteiger partial charge in [0, 0.05) is 17.8 Å². The Labute approximate surface area is 201 Å². The van der Waals surface area contributed by atoms with Crippen LogP contribution in [-0.4, -0.2) is 80.6 Å². The number of nitrogens with zero attached hydrogens (tertiary/aromatic N) is 2. The van der Waals surface area contributed by atoms with Gasteiger partial charge in [0.25, 0.3) is 0 Å². The van der Waals surface area contributed by atoms with Gasteiger partial charge >= 0.3 is 5.97 Å². The van der Waals surface area contributed by atoms with Gasteiger partial charge in [0.05, 0.1) is 29.2 Å². The molecule has 0 saturated carbocycles. The average molecular weight is 479 g/mol. The van der Waals surface area contributed by atoms with Crippen LogP contribution in [0.4, 0.5) is 0 Å². The van der Waals surface area contributed by atoms with Crippen molar-refractivity contribution in [1.82, 2.24) is 9.80 Å². The molecule has 0 aromatic carbocycles. The number of carbonyl (C=O) groups is 3. The zero-order valence-corrected chi connectivity index (χ0v) is 21.1. The van der Waals surface area contributed by atoms with E-state index in [2.05, 4.69) is 13.2 Å². The fourth-order valence-electron chi connectivity index (χ4n) is 5.94. The molecule has 3 rings (SSSR count). The van der Waals surface area contributed by atoms with E-state index in [0.717, 1.165) is 6.42 Å². The van der Waals surface area contributed by atoms with Gasteiger partial charge in [-0.2, -0.15) is 0 Å². The van der Waals surface area contributed by atoms with E-state index >= 15 is 0 Å². The van der Waals surface area contributed by atoms with Crippen molar-refractivity contribution in [2.45, 2.75) is 75.1 Å². The van der Waals surface area contributed by atoms with E-state index in [1.165, 1.54) is 6.08 Å². The Morgan fingerprint density at radius 3 is 2.55 bits per heavy atom. The summed E-state index contributed by atoms with van der Waals surface area (Å²) < 4.78 is 4.70. The third-order valence-corrected chi connectivity index (χ3v) is 9.12. The van der Waals surface area contributed by atoms with E-state index in [1.54, 1.807) is 27.6 Å². The summed E-state index contributed by atoms with van der Waals surface area (Å²) in [6.45, 7) is 15.6. The van der Waals surface area contributed by atoms with Crippen molar-refractivity contribution in [2.24, 2.45) is 17.8 Å². The number of hydrogen-bond acceptors (Lipinski definition) is 6. The summed E-state index contributed by atoms with van der Waals surface area (Å²) in [6.07, 6.45) is 5.25. The highest BCUT2D eigenvalue weighted by Gasteiger charge is 2.74. The minimum atomic E-state index is -0.722. The molecule has 184 valence electrons. The quantitative estimate of drug-likeness (QED) is 0.363. The maximum absolute atomic E-state index is 14.1. The van der Waals surface area contributed by atoms with Crippen molar-refractivity contribution >= 4 is 29.5 Å². The van der Waals surface area contributed by atoms with Crippen LogP contribution in [-0.2, 0) is 19.1 Å². The van der Waals surface area contributed by atoms with Gasteiger partial charge in [-0.1, -0.05) is 32.6 Å². The van der Waals surface area contributed by atoms with Gasteiger partial charge < -0.3 is 19.6 Å². The molecule has 3 saturated heterocycles. The number of carbonyl (C=O) groups excluding carboxylic acids is 3. The largest absolute Gasteiger partial charge is 0.461 e. The van der Waals surface area contributed by atoms with Crippen molar-refractivity contribution in [2.75, 3.05) is 19.8 Å². The number of amides is 2. The second-order valence-electron chi connectivity index (χ2n) is 10.1. The number of hydrogen-bond donors (Lipinski definition) is 1. The van der Waals surface area contributed by atoms with Crippen LogP contribution in [0.25, 0.3) is 0 Å². The van der Waals surface area contributed by atoms with Crippen LogP contribution in [0.3, 0.4) is 0 Å². The van der Waals surface area contributed by atoms with E-state index in [-0.39, 0.29) is 42.2 Å². The molecule has 0 aliphatic carbocycles. The SMILES string of the molecule is C=CCOC(=O)[C@@H]1[C@H]2C(=O)N([C@@H](CO)CC(C)C)C(C(=O)N(CC=C)C(C)C)C23CC[C@H]1S3. The van der Waals surface area contributed by atoms with Gasteiger partial charge in [0.2, 0.25) is 11.8 Å². The van der Waals surface area contributed by atoms with Gasteiger partial charge in [0.15, 0.2) is 0 Å². The van der Waals surface area contributed by atoms with Gasteiger partial charge in [-0.3, -0.25) is 14.4 Å². The van der Waals surface area contributed by atoms with Crippen molar-refractivity contribution in [3.8, 4) is 0 Å². The highest BCUT2D eigenvalue weighted by atomic mass is 32.2. The number of fused-ring (bicyclic) bond motifs is 1. The Morgan fingerprint density at radius 1 is 1.30 bits per heavy atom. The van der Waals surface area contributed by atoms with E-state index in [0.29, 0.717) is 19.4 Å². The summed E-state index contributed by atoms with van der Waals surface area (Å²) in [6, 6.07) is -1.27. The van der Waals surface area contributed by atoms with Crippen molar-refractivity contribution in [3.05, 3.63) is 25.3 Å². The fourth-order valence-corrected chi connectivity index (χ4v) is 8.13. The summed E-state index contributed by atoms with van der Waals surface area (Å²) in [5.41, 5.74) is 0. The summed E-state index contributed by atoms with van der Waals surface area (Å²) in [5, 5.41) is 10.2. The summed E-state index contributed by atoms with van der Waals surface area (Å²) in [5.74, 6) is -1.69. The van der Waals surface area contributed by atoms with Crippen molar-refractivity contribution in [3.63, 3.8) is 0 Å². The molecule has 2 unspecified atom stereocenters. The standard InChI is InChI=1S/C25H38N2O5S/c1-7-11-26(16(5)6)23(30)21-25-10-9-18(33-25)19(24(31)32-12-8-2)20(25)22(29)27(21)17(14-28)13-15(3)4/h7-8,15-21,28H,1-2,9-14H2,3-6H3/t17-,18-,19+,20+,21?,25?/m1/s1. The number of ether oxygens (including phenoxy) is 1. The lowest BCUT2D eigenvalue weighted by molar-refractivity contribution is -0.153. The molecule has 1 spiro atoms. The van der Waals surface area contributed by atoms with Crippen LogP contribution in [0.5, 0.6) is 0 Å². The van der Waals surface area contributed by atoms with Crippen LogP contribution in [0.2, 0.25) is 0 Å². The zero-order chi connectivity index (χ0) is 24.5. The first-order valence-electron chi connectivity index (χ1n) is 11.9. The van der Waals surface area contributed by atoms with E-state index < -0.39 is 34.6 Å². The Balaban J connectivity index is 2.08. The van der Waals surface area contributed by atoms with Crippen molar-refractivity contribution < 1.29 is 24.2 Å². The first kappa shape index (κ1) is 25.8. The lowest BCUT2D eigenvalue weighted by Crippen LogP contribution is -2.58. The third-order valence-electron chi connectivity index (χ3n) is 7.17. The highest BCUT2D eigenvalue weighted by molar-refractivity contribution is 8.02. The molecule has 0 aromatic heterocycles. The molecule has 2 bridgehead atoms. The third kappa shape index (κ3) is 4.36. The van der Waals surface area contributed by atoms with Gasteiger partial charge in [0.1, 0.15) is 12.6 Å². The molecule has 0 aromatic rings. The number of aliphatic hydroxyl groups is 1. The van der Waals surface area contributed by atoms with Crippen LogP contribution < -0.4 is 0 Å². The summed E-state index contributed by atoms with van der Waals surface area (Å²) in [4.78, 5) is 44.5. The summed E-state index contributed by atoms with van der Waals surface area (Å²) >= 11 is 1.61. The number of aliphatic hydroxyl groups excluding tert-OH is 1. The second-order valence-corrected chi connectivity index (χ2v) is 11.7. The topological polar surface area (TPSA) is 87.1 Å². The molecule has 6 atom stereocenters. The fraction of sp³-hybridized carbons (Fsp3) is 0.720. The molecule has 3 aliphatic heterocycles. The molecule has 3 aliphatic rings. The molecule has 1 N–H and O–H groups in total. The highest BCUT2D eigenvalue weighted by Crippen LogP contribution is 2.67. The summed E-state index contributed by atoms with van der Waals surface area (Å²) in [7, 11) is 0. The second kappa shape index (κ2) is 10.2. The Hall–Kier alpha value is -1.80. The molecule has 7 nitrogen and oxygen atoms in total. The molecule has 2 amide bonds. The average Bonchev–Trinajstić information content (AvgIpc) is 3.40. The smallest absolute Gasteiger partial charge is 0.311 e. The predicted octanol–water partition coefficient (Wildman–Crippen LogP) is 2.64. The Kier molecular flexibility index (Phi) is 7.99. The van der Waals surface area contributed by atoms with Crippen LogP contribution in [0.1, 0.15) is 47.0 Å². The van der Waals surface area contributed by atoms with E-state index in [1.807, 2.05) is 27.7 Å². The molecule has 3 fully saturated rings. The first-order chi connectivity index (χ1) is 15.6. The number of likely N-dealkylation sites (tertiary alicyclic amines) is 1. The zero-order valence-electron chi connectivity index (χ0n) is 20.2. The molecule has 33 heavy (non-hydrogen) atoms. The van der Waals surface area contributed by atoms with Crippen LogP contribution in [0, 0.1) is 17.8 Å². The van der Waals surface area contributed by atoms with Crippen molar-refractivity contribution in [1.29, 1.82) is 0 Å². The minimum absolute atomic E-state index is 0.0432. The number of esters is 1. The van der Waals surface area contributed by atoms with Gasteiger partial charge in [-0.05, 0) is 39.0 Å². The maximum Gasteiger partial charge on any atom is 0.311 e. The van der Waals surface area contributed by atoms with E-state index in [9.17, 15) is 19.5 Å². The molecular weight excluding hydrogens is 440 g/mol. The van der Waals surface area contributed by atoms with Gasteiger partial charge in [-0.15, -0.1) is 18.3 Å². The lowest BCUT2D eigenvalue weighted by Gasteiger charge is -2.41. The normalized spacial score (nSPS) is 31.1. The molecule has 8 heteroatoms. The van der Waals surface area contributed by atoms with E-state index in [4.69, 9.17) is 4.74 Å². The Morgan fingerprint density at radius 2 is 2.00 bits per heavy atom. The number of rotatable bonds is 11. The minimum Gasteiger partial charge on any atom is -0.461 e. The molecule has 3 heterocycles. The molecule has 0 radical (unpaired) electrons. The van der Waals surface area contributed by atoms with Crippen LogP contribution >= 0.6 is 11.8 Å². The maximum atomic E-state index is 14.1.